The number of aromatic nitrogens is 2. The zero-order valence-corrected chi connectivity index (χ0v) is 13.4. The maximum absolute atomic E-state index is 9.42. The Kier molecular flexibility index (Phi) is 6.71. The van der Waals surface area contributed by atoms with Crippen molar-refractivity contribution in [3.05, 3.63) is 11.4 Å². The third kappa shape index (κ3) is 4.63. The van der Waals surface area contributed by atoms with Crippen molar-refractivity contribution in [2.24, 2.45) is 0 Å². The molecule has 1 heterocycles. The molecule has 0 saturated heterocycles. The minimum atomic E-state index is -0.289. The zero-order valence-electron chi connectivity index (χ0n) is 13.4. The van der Waals surface area contributed by atoms with E-state index in [0.717, 1.165) is 55.4 Å². The molecular weight excluding hydrogens is 252 g/mol. The summed E-state index contributed by atoms with van der Waals surface area (Å²) in [5, 5.41) is 12.8. The van der Waals surface area contributed by atoms with Crippen LogP contribution in [0.15, 0.2) is 0 Å². The van der Waals surface area contributed by atoms with Crippen LogP contribution in [0.25, 0.3) is 0 Å². The van der Waals surface area contributed by atoms with Crippen LogP contribution in [0.4, 0.5) is 11.6 Å². The first-order chi connectivity index (χ1) is 9.49. The average Bonchev–Trinajstić information content (AvgIpc) is 2.43. The van der Waals surface area contributed by atoms with Gasteiger partial charge in [-0.2, -0.15) is 0 Å². The molecule has 0 saturated carbocycles. The van der Waals surface area contributed by atoms with E-state index in [9.17, 15) is 5.11 Å². The lowest BCUT2D eigenvalue weighted by molar-refractivity contribution is 0.187. The lowest BCUT2D eigenvalue weighted by Crippen LogP contribution is -2.25. The lowest BCUT2D eigenvalue weighted by Gasteiger charge is -2.23. The number of rotatable bonds is 8. The Bertz CT molecular complexity index is 421. The van der Waals surface area contributed by atoms with E-state index >= 15 is 0 Å². The quantitative estimate of drug-likeness (QED) is 0.765. The topological polar surface area (TPSA) is 61.3 Å². The highest BCUT2D eigenvalue weighted by Gasteiger charge is 2.14. The second-order valence-electron chi connectivity index (χ2n) is 5.28. The molecule has 0 aromatic carbocycles. The maximum Gasteiger partial charge on any atom is 0.137 e. The highest BCUT2D eigenvalue weighted by Crippen LogP contribution is 2.23. The summed E-state index contributed by atoms with van der Waals surface area (Å²) in [5.74, 6) is 2.74. The Morgan fingerprint density at radius 3 is 2.55 bits per heavy atom. The van der Waals surface area contributed by atoms with Gasteiger partial charge in [0, 0.05) is 32.1 Å². The van der Waals surface area contributed by atoms with Crippen LogP contribution in [0.5, 0.6) is 0 Å². The van der Waals surface area contributed by atoms with Crippen molar-refractivity contribution in [2.75, 3.05) is 30.4 Å². The number of hydrogen-bond acceptors (Lipinski definition) is 5. The molecule has 0 aliphatic carbocycles. The van der Waals surface area contributed by atoms with E-state index in [1.54, 1.807) is 0 Å². The summed E-state index contributed by atoms with van der Waals surface area (Å²) in [5.41, 5.74) is 1.07. The number of hydrogen-bond donors (Lipinski definition) is 2. The van der Waals surface area contributed by atoms with E-state index in [4.69, 9.17) is 0 Å². The minimum absolute atomic E-state index is 0.289. The minimum Gasteiger partial charge on any atom is -0.393 e. The Labute approximate surface area is 122 Å². The fraction of sp³-hybridized carbons (Fsp3) is 0.733. The molecule has 0 spiro atoms. The highest BCUT2D eigenvalue weighted by atomic mass is 16.3. The molecule has 0 bridgehead atoms. The number of aliphatic hydroxyl groups is 1. The summed E-state index contributed by atoms with van der Waals surface area (Å²) in [6.07, 6.45) is 2.33. The molecule has 20 heavy (non-hydrogen) atoms. The van der Waals surface area contributed by atoms with Crippen molar-refractivity contribution in [3.8, 4) is 0 Å². The summed E-state index contributed by atoms with van der Waals surface area (Å²) >= 11 is 0. The van der Waals surface area contributed by atoms with Crippen LogP contribution in [0.1, 0.15) is 45.0 Å². The van der Waals surface area contributed by atoms with Crippen LogP contribution in [-0.2, 0) is 6.42 Å². The van der Waals surface area contributed by atoms with Gasteiger partial charge >= 0.3 is 0 Å². The first-order valence-electron chi connectivity index (χ1n) is 7.50. The molecule has 5 heteroatoms. The van der Waals surface area contributed by atoms with Crippen LogP contribution < -0.4 is 10.2 Å². The average molecular weight is 280 g/mol. The van der Waals surface area contributed by atoms with Gasteiger partial charge in [0.15, 0.2) is 0 Å². The molecule has 2 N–H and O–H groups in total. The second-order valence-corrected chi connectivity index (χ2v) is 5.28. The van der Waals surface area contributed by atoms with E-state index in [1.807, 2.05) is 20.9 Å². The van der Waals surface area contributed by atoms with Crippen molar-refractivity contribution in [3.63, 3.8) is 0 Å². The number of aliphatic hydroxyl groups excluding tert-OH is 1. The molecule has 114 valence electrons. The first kappa shape index (κ1) is 16.7. The molecule has 1 atom stereocenters. The monoisotopic (exact) mass is 280 g/mol. The van der Waals surface area contributed by atoms with Gasteiger partial charge in [-0.05, 0) is 26.7 Å². The zero-order chi connectivity index (χ0) is 15.1. The van der Waals surface area contributed by atoms with Crippen LogP contribution in [0, 0.1) is 6.92 Å². The molecule has 0 aliphatic rings. The smallest absolute Gasteiger partial charge is 0.137 e. The summed E-state index contributed by atoms with van der Waals surface area (Å²) in [6, 6.07) is 0. The Morgan fingerprint density at radius 1 is 1.30 bits per heavy atom. The Balaban J connectivity index is 2.97. The summed E-state index contributed by atoms with van der Waals surface area (Å²) in [7, 11) is 2.01. The van der Waals surface area contributed by atoms with Crippen molar-refractivity contribution in [1.29, 1.82) is 0 Å². The van der Waals surface area contributed by atoms with E-state index in [2.05, 4.69) is 34.0 Å². The molecule has 0 radical (unpaired) electrons. The number of nitrogens with zero attached hydrogens (tertiary/aromatic N) is 3. The van der Waals surface area contributed by atoms with Gasteiger partial charge in [-0.25, -0.2) is 9.97 Å². The molecule has 1 aromatic rings. The lowest BCUT2D eigenvalue weighted by atomic mass is 10.2. The van der Waals surface area contributed by atoms with Crippen LogP contribution >= 0.6 is 0 Å². The molecular formula is C15H28N4O. The van der Waals surface area contributed by atoms with E-state index in [0.29, 0.717) is 0 Å². The molecule has 5 nitrogen and oxygen atoms in total. The molecule has 1 aromatic heterocycles. The molecule has 1 unspecified atom stereocenters. The fourth-order valence-corrected chi connectivity index (χ4v) is 1.98. The van der Waals surface area contributed by atoms with Crippen molar-refractivity contribution < 1.29 is 5.11 Å². The number of anilines is 2. The Hall–Kier alpha value is -1.36. The number of nitrogens with one attached hydrogen (secondary N) is 1. The molecule has 0 fully saturated rings. The summed E-state index contributed by atoms with van der Waals surface area (Å²) in [4.78, 5) is 11.3. The molecule has 0 aliphatic heterocycles. The van der Waals surface area contributed by atoms with Gasteiger partial charge in [0.1, 0.15) is 17.5 Å². The van der Waals surface area contributed by atoms with Crippen molar-refractivity contribution in [2.45, 2.75) is 53.1 Å². The van der Waals surface area contributed by atoms with Gasteiger partial charge in [0.05, 0.1) is 6.10 Å². The van der Waals surface area contributed by atoms with Gasteiger partial charge in [-0.3, -0.25) is 0 Å². The third-order valence-electron chi connectivity index (χ3n) is 3.27. The van der Waals surface area contributed by atoms with Gasteiger partial charge in [-0.1, -0.05) is 13.8 Å². The van der Waals surface area contributed by atoms with Gasteiger partial charge < -0.3 is 15.3 Å². The first-order valence-corrected chi connectivity index (χ1v) is 7.50. The largest absolute Gasteiger partial charge is 0.393 e. The standard InChI is InChI=1S/C15H28N4O/c1-6-9-16-14-12(4)15(18-13(7-2)17-14)19(5)10-8-11(3)20/h11,20H,6-10H2,1-5H3,(H,16,17,18). The SMILES string of the molecule is CCCNc1nc(CC)nc(N(C)CCC(C)O)c1C. The van der Waals surface area contributed by atoms with Gasteiger partial charge in [0.2, 0.25) is 0 Å². The predicted molar refractivity (Wildman–Crippen MR) is 84.5 cm³/mol. The van der Waals surface area contributed by atoms with E-state index in [1.165, 1.54) is 0 Å². The van der Waals surface area contributed by atoms with E-state index in [-0.39, 0.29) is 6.10 Å². The Morgan fingerprint density at radius 2 is 2.00 bits per heavy atom. The highest BCUT2D eigenvalue weighted by molar-refractivity contribution is 5.58. The van der Waals surface area contributed by atoms with E-state index < -0.39 is 0 Å². The summed E-state index contributed by atoms with van der Waals surface area (Å²) in [6.45, 7) is 9.76. The third-order valence-corrected chi connectivity index (χ3v) is 3.27. The fourth-order valence-electron chi connectivity index (χ4n) is 1.98. The van der Waals surface area contributed by atoms with Gasteiger partial charge in [0.25, 0.3) is 0 Å². The van der Waals surface area contributed by atoms with Crippen LogP contribution in [-0.4, -0.2) is 41.3 Å². The normalized spacial score (nSPS) is 12.3. The van der Waals surface area contributed by atoms with Crippen LogP contribution in [0.2, 0.25) is 0 Å². The maximum atomic E-state index is 9.42. The van der Waals surface area contributed by atoms with Crippen molar-refractivity contribution in [1.82, 2.24) is 9.97 Å². The molecule has 0 amide bonds. The van der Waals surface area contributed by atoms with Gasteiger partial charge in [-0.15, -0.1) is 0 Å². The predicted octanol–water partition coefficient (Wildman–Crippen LogP) is 2.38. The van der Waals surface area contributed by atoms with Crippen LogP contribution in [0.3, 0.4) is 0 Å². The van der Waals surface area contributed by atoms with Crippen molar-refractivity contribution >= 4 is 11.6 Å². The second kappa shape index (κ2) is 8.04. The number of aryl methyl sites for hydroxylation is 1. The summed E-state index contributed by atoms with van der Waals surface area (Å²) < 4.78 is 0. The molecule has 1 rings (SSSR count).